The van der Waals surface area contributed by atoms with Gasteiger partial charge in [0.05, 0.1) is 11.3 Å². The van der Waals surface area contributed by atoms with Gasteiger partial charge >= 0.3 is 5.97 Å². The maximum Gasteiger partial charge on any atom is 0.349 e. The van der Waals surface area contributed by atoms with Gasteiger partial charge in [-0.15, -0.1) is 0 Å². The quantitative estimate of drug-likeness (QED) is 0.360. The average molecular weight is 352 g/mol. The number of hydrogen-bond donors (Lipinski definition) is 0. The first-order valence-electron chi connectivity index (χ1n) is 8.45. The summed E-state index contributed by atoms with van der Waals surface area (Å²) in [5, 5.41) is 0. The molecule has 1 fully saturated rings. The van der Waals surface area contributed by atoms with Gasteiger partial charge in [0, 0.05) is 32.4 Å². The molecule has 0 radical (unpaired) electrons. The monoisotopic (exact) mass is 352 g/mol. The van der Waals surface area contributed by atoms with E-state index in [-0.39, 0.29) is 17.2 Å². The smallest absolute Gasteiger partial charge is 0.349 e. The Labute approximate surface area is 150 Å². The second kappa shape index (κ2) is 6.63. The van der Waals surface area contributed by atoms with Crippen molar-refractivity contribution in [3.8, 4) is 5.75 Å². The first-order valence-corrected chi connectivity index (χ1v) is 8.45. The lowest BCUT2D eigenvalue weighted by Crippen LogP contribution is -2.45. The summed E-state index contributed by atoms with van der Waals surface area (Å²) < 4.78 is 19.2. The standard InChI is InChI=1S/C20H17FN2O3/c21-16-6-2-3-7-17(16)23-11-9-22(10-12-23)13-15-19(24)14-5-1-4-8-18(14)26-20(15)25/h1-8,13H,9-12H2/b15-13+. The predicted octanol–water partition coefficient (Wildman–Crippen LogP) is 2.63. The third-order valence-corrected chi connectivity index (χ3v) is 4.62. The summed E-state index contributed by atoms with van der Waals surface area (Å²) in [7, 11) is 0. The fourth-order valence-corrected chi connectivity index (χ4v) is 3.23. The van der Waals surface area contributed by atoms with Crippen LogP contribution in [0.3, 0.4) is 0 Å². The van der Waals surface area contributed by atoms with E-state index >= 15 is 0 Å². The van der Waals surface area contributed by atoms with E-state index in [1.807, 2.05) is 9.80 Å². The second-order valence-electron chi connectivity index (χ2n) is 6.23. The van der Waals surface area contributed by atoms with E-state index in [1.54, 1.807) is 48.7 Å². The van der Waals surface area contributed by atoms with Gasteiger partial charge in [-0.1, -0.05) is 24.3 Å². The number of rotatable bonds is 2. The Bertz CT molecular complexity index is 901. The van der Waals surface area contributed by atoms with Crippen molar-refractivity contribution < 1.29 is 18.7 Å². The highest BCUT2D eigenvalue weighted by molar-refractivity contribution is 6.27. The van der Waals surface area contributed by atoms with Gasteiger partial charge in [0.1, 0.15) is 17.1 Å². The van der Waals surface area contributed by atoms with Gasteiger partial charge in [-0.2, -0.15) is 0 Å². The van der Waals surface area contributed by atoms with Crippen LogP contribution in [0.5, 0.6) is 5.75 Å². The molecule has 0 N–H and O–H groups in total. The molecule has 26 heavy (non-hydrogen) atoms. The maximum atomic E-state index is 13.9. The van der Waals surface area contributed by atoms with Crippen molar-refractivity contribution in [1.82, 2.24) is 4.90 Å². The summed E-state index contributed by atoms with van der Waals surface area (Å²) in [5.41, 5.74) is 0.994. The Kier molecular flexibility index (Phi) is 4.16. The number of nitrogens with zero attached hydrogens (tertiary/aromatic N) is 2. The summed E-state index contributed by atoms with van der Waals surface area (Å²) >= 11 is 0. The third kappa shape index (κ3) is 2.94. The highest BCUT2D eigenvalue weighted by Gasteiger charge is 2.31. The number of carbonyl (C=O) groups excluding carboxylic acids is 2. The molecule has 4 rings (SSSR count). The van der Waals surface area contributed by atoms with E-state index < -0.39 is 5.97 Å². The number of anilines is 1. The number of ether oxygens (including phenoxy) is 1. The first kappa shape index (κ1) is 16.3. The molecule has 2 aromatic rings. The van der Waals surface area contributed by atoms with Gasteiger partial charge in [0.25, 0.3) is 0 Å². The van der Waals surface area contributed by atoms with Crippen LogP contribution in [0.25, 0.3) is 0 Å². The number of carbonyl (C=O) groups is 2. The van der Waals surface area contributed by atoms with E-state index in [4.69, 9.17) is 4.74 Å². The van der Waals surface area contributed by atoms with Crippen molar-refractivity contribution in [3.05, 3.63) is 71.7 Å². The van der Waals surface area contributed by atoms with Gasteiger partial charge in [0.2, 0.25) is 5.78 Å². The molecule has 2 aliphatic heterocycles. The van der Waals surface area contributed by atoms with Crippen LogP contribution in [0.1, 0.15) is 10.4 Å². The fourth-order valence-electron chi connectivity index (χ4n) is 3.23. The number of fused-ring (bicyclic) bond motifs is 1. The molecule has 0 aliphatic carbocycles. The lowest BCUT2D eigenvalue weighted by Gasteiger charge is -2.36. The molecule has 0 amide bonds. The van der Waals surface area contributed by atoms with Crippen molar-refractivity contribution in [2.75, 3.05) is 31.1 Å². The van der Waals surface area contributed by atoms with Gasteiger partial charge in [-0.05, 0) is 24.3 Å². The summed E-state index contributed by atoms with van der Waals surface area (Å²) in [6.45, 7) is 2.37. The van der Waals surface area contributed by atoms with Crippen LogP contribution >= 0.6 is 0 Å². The van der Waals surface area contributed by atoms with Crippen molar-refractivity contribution in [2.45, 2.75) is 0 Å². The molecule has 0 spiro atoms. The first-order chi connectivity index (χ1) is 12.6. The van der Waals surface area contributed by atoms with E-state index in [0.29, 0.717) is 43.2 Å². The van der Waals surface area contributed by atoms with E-state index in [2.05, 4.69) is 0 Å². The minimum atomic E-state index is -0.634. The zero-order valence-corrected chi connectivity index (χ0v) is 14.0. The molecule has 0 aromatic heterocycles. The molecule has 2 aliphatic rings. The number of halogens is 1. The van der Waals surface area contributed by atoms with Crippen LogP contribution in [-0.4, -0.2) is 42.8 Å². The number of Topliss-reactive ketones (excluding diaryl/α,β-unsaturated/α-hetero) is 1. The number of benzene rings is 2. The van der Waals surface area contributed by atoms with E-state index in [9.17, 15) is 14.0 Å². The van der Waals surface area contributed by atoms with Crippen molar-refractivity contribution in [3.63, 3.8) is 0 Å². The largest absolute Gasteiger partial charge is 0.422 e. The highest BCUT2D eigenvalue weighted by atomic mass is 19.1. The Hall–Kier alpha value is -3.15. The van der Waals surface area contributed by atoms with Crippen molar-refractivity contribution in [1.29, 1.82) is 0 Å². The molecule has 132 valence electrons. The van der Waals surface area contributed by atoms with E-state index in [0.717, 1.165) is 0 Å². The van der Waals surface area contributed by atoms with Crippen LogP contribution in [0.4, 0.5) is 10.1 Å². The summed E-state index contributed by atoms with van der Waals surface area (Å²) in [5.74, 6) is -0.912. The normalized spacial score (nSPS) is 18.7. The van der Waals surface area contributed by atoms with Crippen molar-refractivity contribution in [2.24, 2.45) is 0 Å². The molecule has 0 saturated carbocycles. The minimum Gasteiger partial charge on any atom is -0.422 e. The minimum absolute atomic E-state index is 0.0306. The van der Waals surface area contributed by atoms with Crippen LogP contribution < -0.4 is 9.64 Å². The molecular weight excluding hydrogens is 335 g/mol. The average Bonchev–Trinajstić information content (AvgIpc) is 2.66. The number of esters is 1. The summed E-state index contributed by atoms with van der Waals surface area (Å²) in [4.78, 5) is 28.6. The SMILES string of the molecule is O=C1Oc2ccccc2C(=O)/C1=C\N1CCN(c2ccccc2F)CC1. The van der Waals surface area contributed by atoms with Crippen LogP contribution in [0.15, 0.2) is 60.3 Å². The molecular formula is C20H17FN2O3. The molecule has 0 atom stereocenters. The Morgan fingerprint density at radius 1 is 0.923 bits per heavy atom. The molecule has 0 unspecified atom stereocenters. The van der Waals surface area contributed by atoms with Gasteiger partial charge in [0.15, 0.2) is 0 Å². The van der Waals surface area contributed by atoms with Gasteiger partial charge in [-0.3, -0.25) is 4.79 Å². The molecule has 6 heteroatoms. The lowest BCUT2D eigenvalue weighted by atomic mass is 10.0. The molecule has 1 saturated heterocycles. The summed E-state index contributed by atoms with van der Waals surface area (Å²) in [6.07, 6.45) is 1.57. The maximum absolute atomic E-state index is 13.9. The Balaban J connectivity index is 1.49. The number of para-hydroxylation sites is 2. The molecule has 2 heterocycles. The van der Waals surface area contributed by atoms with Crippen LogP contribution in [0, 0.1) is 5.82 Å². The lowest BCUT2D eigenvalue weighted by molar-refractivity contribution is -0.130. The third-order valence-electron chi connectivity index (χ3n) is 4.62. The highest BCUT2D eigenvalue weighted by Crippen LogP contribution is 2.28. The Morgan fingerprint density at radius 2 is 1.62 bits per heavy atom. The summed E-state index contributed by atoms with van der Waals surface area (Å²) in [6, 6.07) is 13.4. The van der Waals surface area contributed by atoms with E-state index in [1.165, 1.54) is 6.07 Å². The zero-order chi connectivity index (χ0) is 18.1. The van der Waals surface area contributed by atoms with Crippen molar-refractivity contribution >= 4 is 17.4 Å². The van der Waals surface area contributed by atoms with Crippen LogP contribution in [-0.2, 0) is 4.79 Å². The Morgan fingerprint density at radius 3 is 2.38 bits per heavy atom. The molecule has 0 bridgehead atoms. The second-order valence-corrected chi connectivity index (χ2v) is 6.23. The number of ketones is 1. The zero-order valence-electron chi connectivity index (χ0n) is 14.0. The fraction of sp³-hybridized carbons (Fsp3) is 0.200. The predicted molar refractivity (Wildman–Crippen MR) is 94.7 cm³/mol. The number of piperazine rings is 1. The molecule has 5 nitrogen and oxygen atoms in total. The van der Waals surface area contributed by atoms with Gasteiger partial charge < -0.3 is 14.5 Å². The molecule has 2 aromatic carbocycles. The van der Waals surface area contributed by atoms with Crippen LogP contribution in [0.2, 0.25) is 0 Å². The van der Waals surface area contributed by atoms with Gasteiger partial charge in [-0.25, -0.2) is 9.18 Å². The topological polar surface area (TPSA) is 49.9 Å². The number of hydrogen-bond acceptors (Lipinski definition) is 5.